The first-order valence-corrected chi connectivity index (χ1v) is 11.5. The third-order valence-electron chi connectivity index (χ3n) is 5.61. The second-order valence-corrected chi connectivity index (χ2v) is 8.08. The normalized spacial score (nSPS) is 10.8. The highest BCUT2D eigenvalue weighted by Gasteiger charge is 2.14. The fourth-order valence-corrected chi connectivity index (χ4v) is 3.83. The van der Waals surface area contributed by atoms with E-state index in [1.54, 1.807) is 53.3 Å². The molecule has 0 aliphatic rings. The van der Waals surface area contributed by atoms with Crippen LogP contribution < -0.4 is 15.4 Å². The number of nitrogens with one attached hydrogen (secondary N) is 2. The van der Waals surface area contributed by atoms with Crippen LogP contribution in [0.1, 0.15) is 33.7 Å². The molecule has 36 heavy (non-hydrogen) atoms. The number of rotatable bonds is 8. The van der Waals surface area contributed by atoms with Crippen LogP contribution in [0, 0.1) is 0 Å². The number of benzene rings is 3. The molecule has 0 atom stereocenters. The Morgan fingerprint density at radius 1 is 0.861 bits per heavy atom. The predicted molar refractivity (Wildman–Crippen MR) is 137 cm³/mol. The van der Waals surface area contributed by atoms with Crippen LogP contribution in [0.3, 0.4) is 0 Å². The summed E-state index contributed by atoms with van der Waals surface area (Å²) in [5, 5.41) is 12.0. The molecule has 5 aromatic rings. The number of ether oxygens (including phenoxy) is 1. The fourth-order valence-electron chi connectivity index (χ4n) is 3.83. The van der Waals surface area contributed by atoms with Gasteiger partial charge in [0.2, 0.25) is 0 Å². The van der Waals surface area contributed by atoms with E-state index in [4.69, 9.17) is 9.15 Å². The molecular formula is C28H24N4O4. The summed E-state index contributed by atoms with van der Waals surface area (Å²) < 4.78 is 13.1. The number of aryl methyl sites for hydroxylation is 1. The third-order valence-corrected chi connectivity index (χ3v) is 5.61. The van der Waals surface area contributed by atoms with Crippen molar-refractivity contribution >= 4 is 34.0 Å². The molecule has 2 heterocycles. The summed E-state index contributed by atoms with van der Waals surface area (Å²) in [4.78, 5) is 25.3. The zero-order valence-corrected chi connectivity index (χ0v) is 19.6. The maximum atomic E-state index is 12.7. The number of amides is 2. The fraction of sp³-hybridized carbons (Fsp3) is 0.107. The van der Waals surface area contributed by atoms with E-state index in [0.29, 0.717) is 29.4 Å². The standard InChI is InChI=1S/C28H24N4O4/c1-2-32-25(14-15-29-32)27(33)30-21-8-5-9-22(17-21)31-28(34)26-13-12-24(36-26)18-35-23-11-10-19-6-3-4-7-20(19)16-23/h3-17H,2,18H2,1H3,(H,30,33)(H,31,34). The summed E-state index contributed by atoms with van der Waals surface area (Å²) in [5.41, 5.74) is 1.53. The van der Waals surface area contributed by atoms with E-state index in [0.717, 1.165) is 16.5 Å². The van der Waals surface area contributed by atoms with Gasteiger partial charge in [0.1, 0.15) is 23.8 Å². The monoisotopic (exact) mass is 480 g/mol. The molecule has 2 N–H and O–H groups in total. The van der Waals surface area contributed by atoms with Crippen molar-refractivity contribution in [1.29, 1.82) is 0 Å². The van der Waals surface area contributed by atoms with Crippen molar-refractivity contribution in [2.45, 2.75) is 20.1 Å². The minimum absolute atomic E-state index is 0.161. The maximum Gasteiger partial charge on any atom is 0.291 e. The van der Waals surface area contributed by atoms with E-state index in [9.17, 15) is 9.59 Å². The summed E-state index contributed by atoms with van der Waals surface area (Å²) in [6.07, 6.45) is 1.58. The summed E-state index contributed by atoms with van der Waals surface area (Å²) in [7, 11) is 0. The van der Waals surface area contributed by atoms with E-state index in [-0.39, 0.29) is 18.3 Å². The molecule has 8 heteroatoms. The van der Waals surface area contributed by atoms with Gasteiger partial charge in [0.05, 0.1) is 0 Å². The number of hydrogen-bond donors (Lipinski definition) is 2. The van der Waals surface area contributed by atoms with Crippen molar-refractivity contribution in [2.24, 2.45) is 0 Å². The van der Waals surface area contributed by atoms with Crippen molar-refractivity contribution in [3.63, 3.8) is 0 Å². The number of fused-ring (bicyclic) bond motifs is 1. The van der Waals surface area contributed by atoms with Gasteiger partial charge in [-0.05, 0) is 66.2 Å². The van der Waals surface area contributed by atoms with E-state index < -0.39 is 5.91 Å². The molecule has 0 aliphatic heterocycles. The first-order valence-electron chi connectivity index (χ1n) is 11.5. The van der Waals surface area contributed by atoms with Crippen molar-refractivity contribution in [3.8, 4) is 5.75 Å². The Balaban J connectivity index is 1.19. The number of furan rings is 1. The van der Waals surface area contributed by atoms with Crippen LogP contribution in [0.5, 0.6) is 5.75 Å². The lowest BCUT2D eigenvalue weighted by atomic mass is 10.1. The first-order chi connectivity index (χ1) is 17.6. The van der Waals surface area contributed by atoms with E-state index >= 15 is 0 Å². The number of anilines is 2. The largest absolute Gasteiger partial charge is 0.486 e. The molecule has 2 aromatic heterocycles. The smallest absolute Gasteiger partial charge is 0.291 e. The van der Waals surface area contributed by atoms with Crippen LogP contribution in [0.25, 0.3) is 10.8 Å². The minimum atomic E-state index is -0.403. The van der Waals surface area contributed by atoms with Gasteiger partial charge >= 0.3 is 0 Å². The summed E-state index contributed by atoms with van der Waals surface area (Å²) in [5.74, 6) is 0.728. The Morgan fingerprint density at radius 2 is 1.64 bits per heavy atom. The van der Waals surface area contributed by atoms with Crippen molar-refractivity contribution < 1.29 is 18.7 Å². The van der Waals surface area contributed by atoms with Gasteiger partial charge in [0, 0.05) is 24.1 Å². The zero-order chi connectivity index (χ0) is 24.9. The van der Waals surface area contributed by atoms with E-state index in [1.165, 1.54) is 0 Å². The lowest BCUT2D eigenvalue weighted by Gasteiger charge is -2.09. The second-order valence-electron chi connectivity index (χ2n) is 8.08. The molecule has 8 nitrogen and oxygen atoms in total. The molecule has 0 fully saturated rings. The van der Waals surface area contributed by atoms with Gasteiger partial charge in [-0.1, -0.05) is 36.4 Å². The molecule has 3 aromatic carbocycles. The van der Waals surface area contributed by atoms with Crippen LogP contribution in [0.15, 0.2) is 95.5 Å². The Hall–Kier alpha value is -4.85. The van der Waals surface area contributed by atoms with Gasteiger partial charge in [-0.25, -0.2) is 0 Å². The maximum absolute atomic E-state index is 12.7. The van der Waals surface area contributed by atoms with Crippen LogP contribution in [0.4, 0.5) is 11.4 Å². The molecule has 180 valence electrons. The number of hydrogen-bond acceptors (Lipinski definition) is 5. The zero-order valence-electron chi connectivity index (χ0n) is 19.6. The Bertz CT molecular complexity index is 1540. The molecular weight excluding hydrogens is 456 g/mol. The lowest BCUT2D eigenvalue weighted by Crippen LogP contribution is -2.17. The van der Waals surface area contributed by atoms with Crippen LogP contribution >= 0.6 is 0 Å². The van der Waals surface area contributed by atoms with Crippen molar-refractivity contribution in [3.05, 3.63) is 108 Å². The second kappa shape index (κ2) is 10.2. The topological polar surface area (TPSA) is 98.4 Å². The average molecular weight is 481 g/mol. The summed E-state index contributed by atoms with van der Waals surface area (Å²) in [6, 6.07) is 25.8. The van der Waals surface area contributed by atoms with Gasteiger partial charge in [0.25, 0.3) is 11.8 Å². The number of aromatic nitrogens is 2. The van der Waals surface area contributed by atoms with Gasteiger partial charge in [0.15, 0.2) is 5.76 Å². The summed E-state index contributed by atoms with van der Waals surface area (Å²) >= 11 is 0. The third kappa shape index (κ3) is 5.12. The molecule has 0 bridgehead atoms. The lowest BCUT2D eigenvalue weighted by molar-refractivity contribution is 0.0990. The molecule has 0 saturated carbocycles. The average Bonchev–Trinajstić information content (AvgIpc) is 3.57. The van der Waals surface area contributed by atoms with Crippen LogP contribution in [0.2, 0.25) is 0 Å². The van der Waals surface area contributed by atoms with Gasteiger partial charge < -0.3 is 19.8 Å². The van der Waals surface area contributed by atoms with Crippen LogP contribution in [-0.4, -0.2) is 21.6 Å². The van der Waals surface area contributed by atoms with Crippen LogP contribution in [-0.2, 0) is 13.2 Å². The number of carbonyl (C=O) groups is 2. The quantitative estimate of drug-likeness (QED) is 0.295. The first kappa shape index (κ1) is 22.9. The Kier molecular flexibility index (Phi) is 6.48. The highest BCUT2D eigenvalue weighted by Crippen LogP contribution is 2.22. The number of carbonyl (C=O) groups excluding carboxylic acids is 2. The molecule has 2 amide bonds. The Morgan fingerprint density at radius 3 is 2.44 bits per heavy atom. The van der Waals surface area contributed by atoms with Gasteiger partial charge in [-0.2, -0.15) is 5.10 Å². The molecule has 0 unspecified atom stereocenters. The predicted octanol–water partition coefficient (Wildman–Crippen LogP) is 5.73. The highest BCUT2D eigenvalue weighted by molar-refractivity contribution is 6.05. The molecule has 0 spiro atoms. The molecule has 0 aliphatic carbocycles. The molecule has 0 radical (unpaired) electrons. The summed E-state index contributed by atoms with van der Waals surface area (Å²) in [6.45, 7) is 2.70. The molecule has 5 rings (SSSR count). The van der Waals surface area contributed by atoms with E-state index in [1.807, 2.05) is 49.4 Å². The van der Waals surface area contributed by atoms with Crippen molar-refractivity contribution in [2.75, 3.05) is 10.6 Å². The van der Waals surface area contributed by atoms with E-state index in [2.05, 4.69) is 15.7 Å². The molecule has 0 saturated heterocycles. The SMILES string of the molecule is CCn1nccc1C(=O)Nc1cccc(NC(=O)c2ccc(COc3ccc4ccccc4c3)o2)c1. The highest BCUT2D eigenvalue weighted by atomic mass is 16.5. The Labute approximate surface area is 207 Å². The van der Waals surface area contributed by atoms with Crippen molar-refractivity contribution in [1.82, 2.24) is 9.78 Å². The minimum Gasteiger partial charge on any atom is -0.486 e. The number of nitrogens with zero attached hydrogens (tertiary/aromatic N) is 2. The van der Waals surface area contributed by atoms with Gasteiger partial charge in [-0.3, -0.25) is 14.3 Å². The van der Waals surface area contributed by atoms with Gasteiger partial charge in [-0.15, -0.1) is 0 Å².